The van der Waals surface area contributed by atoms with Crippen molar-refractivity contribution in [3.8, 4) is 0 Å². The SMILES string of the molecule is CCn1cc(N)c(C(=O)Nc2ccc(Br)c(Cl)c2)n1. The molecule has 7 heteroatoms. The molecule has 0 saturated heterocycles. The largest absolute Gasteiger partial charge is 0.396 e. The Labute approximate surface area is 123 Å². The highest BCUT2D eigenvalue weighted by molar-refractivity contribution is 9.10. The fourth-order valence-corrected chi connectivity index (χ4v) is 1.97. The first-order valence-corrected chi connectivity index (χ1v) is 6.77. The minimum absolute atomic E-state index is 0.209. The van der Waals surface area contributed by atoms with Gasteiger partial charge in [-0.05, 0) is 41.1 Å². The second kappa shape index (κ2) is 5.63. The number of carbonyl (C=O) groups excluding carboxylic acids is 1. The van der Waals surface area contributed by atoms with E-state index in [1.807, 2.05) is 6.92 Å². The molecule has 0 bridgehead atoms. The predicted octanol–water partition coefficient (Wildman–Crippen LogP) is 3.15. The lowest BCUT2D eigenvalue weighted by molar-refractivity contribution is 0.102. The van der Waals surface area contributed by atoms with Crippen molar-refractivity contribution in [2.45, 2.75) is 13.5 Å². The summed E-state index contributed by atoms with van der Waals surface area (Å²) >= 11 is 9.24. The van der Waals surface area contributed by atoms with Crippen LogP contribution in [0.3, 0.4) is 0 Å². The fraction of sp³-hybridized carbons (Fsp3) is 0.167. The molecule has 2 rings (SSSR count). The van der Waals surface area contributed by atoms with Crippen LogP contribution in [0.1, 0.15) is 17.4 Å². The molecular formula is C12H12BrClN4O. The van der Waals surface area contributed by atoms with E-state index in [4.69, 9.17) is 17.3 Å². The van der Waals surface area contributed by atoms with Gasteiger partial charge in [0, 0.05) is 22.9 Å². The number of benzene rings is 1. The van der Waals surface area contributed by atoms with Gasteiger partial charge in [0.05, 0.1) is 10.7 Å². The molecule has 1 heterocycles. The van der Waals surface area contributed by atoms with Crippen LogP contribution in [0.5, 0.6) is 0 Å². The van der Waals surface area contributed by atoms with E-state index in [9.17, 15) is 4.79 Å². The molecule has 5 nitrogen and oxygen atoms in total. The molecule has 2 aromatic rings. The molecular weight excluding hydrogens is 332 g/mol. The molecule has 0 aliphatic carbocycles. The summed E-state index contributed by atoms with van der Waals surface area (Å²) in [4.78, 5) is 12.0. The Balaban J connectivity index is 2.20. The van der Waals surface area contributed by atoms with Crippen LogP contribution in [0, 0.1) is 0 Å². The van der Waals surface area contributed by atoms with Crippen molar-refractivity contribution < 1.29 is 4.79 Å². The highest BCUT2D eigenvalue weighted by Gasteiger charge is 2.15. The zero-order valence-corrected chi connectivity index (χ0v) is 12.5. The van der Waals surface area contributed by atoms with Gasteiger partial charge in [-0.3, -0.25) is 9.48 Å². The first-order valence-electron chi connectivity index (χ1n) is 5.60. The Hall–Kier alpha value is -1.53. The number of anilines is 2. The molecule has 0 spiro atoms. The number of nitrogens with two attached hydrogens (primary N) is 1. The van der Waals surface area contributed by atoms with E-state index in [0.717, 1.165) is 4.47 Å². The summed E-state index contributed by atoms with van der Waals surface area (Å²) in [5.41, 5.74) is 6.89. The van der Waals surface area contributed by atoms with Crippen LogP contribution in [0.4, 0.5) is 11.4 Å². The molecule has 1 aromatic heterocycles. The standard InChI is InChI=1S/C12H12BrClN4O/c1-2-18-6-10(15)11(17-18)12(19)16-7-3-4-8(13)9(14)5-7/h3-6H,2,15H2,1H3,(H,16,19). The van der Waals surface area contributed by atoms with Crippen LogP contribution < -0.4 is 11.1 Å². The molecule has 1 aromatic carbocycles. The molecule has 19 heavy (non-hydrogen) atoms. The highest BCUT2D eigenvalue weighted by Crippen LogP contribution is 2.25. The average molecular weight is 344 g/mol. The summed E-state index contributed by atoms with van der Waals surface area (Å²) in [6.45, 7) is 2.57. The zero-order valence-electron chi connectivity index (χ0n) is 10.2. The van der Waals surface area contributed by atoms with Crippen molar-refractivity contribution in [2.75, 3.05) is 11.1 Å². The van der Waals surface area contributed by atoms with E-state index in [-0.39, 0.29) is 11.6 Å². The topological polar surface area (TPSA) is 72.9 Å². The lowest BCUT2D eigenvalue weighted by Crippen LogP contribution is -2.14. The second-order valence-electron chi connectivity index (χ2n) is 3.87. The fourth-order valence-electron chi connectivity index (χ4n) is 1.54. The van der Waals surface area contributed by atoms with E-state index in [1.165, 1.54) is 0 Å². The summed E-state index contributed by atoms with van der Waals surface area (Å²) < 4.78 is 2.38. The Bertz CT molecular complexity index is 626. The number of hydrogen-bond donors (Lipinski definition) is 2. The van der Waals surface area contributed by atoms with Gasteiger partial charge in [0.15, 0.2) is 5.69 Å². The minimum Gasteiger partial charge on any atom is -0.396 e. The zero-order chi connectivity index (χ0) is 14.0. The van der Waals surface area contributed by atoms with Crippen molar-refractivity contribution in [3.05, 3.63) is 39.6 Å². The van der Waals surface area contributed by atoms with Gasteiger partial charge in [0.1, 0.15) is 0 Å². The first-order chi connectivity index (χ1) is 9.01. The maximum Gasteiger partial charge on any atom is 0.278 e. The normalized spacial score (nSPS) is 10.5. The Kier molecular flexibility index (Phi) is 4.11. The number of nitrogen functional groups attached to an aromatic ring is 1. The molecule has 0 fully saturated rings. The van der Waals surface area contributed by atoms with Gasteiger partial charge < -0.3 is 11.1 Å². The molecule has 100 valence electrons. The molecule has 3 N–H and O–H groups in total. The van der Waals surface area contributed by atoms with Gasteiger partial charge in [0.25, 0.3) is 5.91 Å². The number of amides is 1. The third kappa shape index (κ3) is 3.08. The van der Waals surface area contributed by atoms with E-state index in [0.29, 0.717) is 22.9 Å². The summed E-state index contributed by atoms with van der Waals surface area (Å²) in [5, 5.41) is 7.32. The van der Waals surface area contributed by atoms with Crippen molar-refractivity contribution in [3.63, 3.8) is 0 Å². The molecule has 0 atom stereocenters. The number of nitrogens with one attached hydrogen (secondary N) is 1. The van der Waals surface area contributed by atoms with E-state index in [1.54, 1.807) is 29.1 Å². The summed E-state index contributed by atoms with van der Waals surface area (Å²) in [6.07, 6.45) is 1.63. The molecule has 0 saturated carbocycles. The lowest BCUT2D eigenvalue weighted by Gasteiger charge is -2.05. The quantitative estimate of drug-likeness (QED) is 0.899. The van der Waals surface area contributed by atoms with Gasteiger partial charge in [-0.1, -0.05) is 11.6 Å². The lowest BCUT2D eigenvalue weighted by atomic mass is 10.3. The third-order valence-electron chi connectivity index (χ3n) is 2.51. The van der Waals surface area contributed by atoms with Gasteiger partial charge in [-0.2, -0.15) is 5.10 Å². The maximum atomic E-state index is 12.0. The second-order valence-corrected chi connectivity index (χ2v) is 5.13. The molecule has 0 aliphatic rings. The van der Waals surface area contributed by atoms with Crippen molar-refractivity contribution in [1.82, 2.24) is 9.78 Å². The number of aryl methyl sites for hydroxylation is 1. The molecule has 1 amide bonds. The van der Waals surface area contributed by atoms with Crippen LogP contribution in [-0.2, 0) is 6.54 Å². The van der Waals surface area contributed by atoms with Crippen LogP contribution in [0.2, 0.25) is 5.02 Å². The summed E-state index contributed by atoms with van der Waals surface area (Å²) in [6, 6.07) is 5.14. The first kappa shape index (κ1) is 13.9. The van der Waals surface area contributed by atoms with Gasteiger partial charge in [-0.15, -0.1) is 0 Å². The number of rotatable bonds is 3. The van der Waals surface area contributed by atoms with E-state index < -0.39 is 0 Å². The van der Waals surface area contributed by atoms with Crippen molar-refractivity contribution in [2.24, 2.45) is 0 Å². The number of hydrogen-bond acceptors (Lipinski definition) is 3. The van der Waals surface area contributed by atoms with Crippen molar-refractivity contribution >= 4 is 44.8 Å². The van der Waals surface area contributed by atoms with Gasteiger partial charge in [0.2, 0.25) is 0 Å². The van der Waals surface area contributed by atoms with Gasteiger partial charge >= 0.3 is 0 Å². The minimum atomic E-state index is -0.358. The number of carbonyl (C=O) groups is 1. The number of aromatic nitrogens is 2. The monoisotopic (exact) mass is 342 g/mol. The summed E-state index contributed by atoms with van der Waals surface area (Å²) in [7, 11) is 0. The molecule has 0 radical (unpaired) electrons. The summed E-state index contributed by atoms with van der Waals surface area (Å²) in [5.74, 6) is -0.358. The maximum absolute atomic E-state index is 12.0. The third-order valence-corrected chi connectivity index (χ3v) is 3.74. The molecule has 0 aliphatic heterocycles. The van der Waals surface area contributed by atoms with E-state index >= 15 is 0 Å². The average Bonchev–Trinajstić information content (AvgIpc) is 2.75. The highest BCUT2D eigenvalue weighted by atomic mass is 79.9. The number of nitrogens with zero attached hydrogens (tertiary/aromatic N) is 2. The van der Waals surface area contributed by atoms with Crippen LogP contribution in [0.15, 0.2) is 28.9 Å². The number of halogens is 2. The van der Waals surface area contributed by atoms with Gasteiger partial charge in [-0.25, -0.2) is 0 Å². The van der Waals surface area contributed by atoms with Crippen LogP contribution in [-0.4, -0.2) is 15.7 Å². The Morgan fingerprint density at radius 3 is 2.89 bits per heavy atom. The van der Waals surface area contributed by atoms with Crippen molar-refractivity contribution in [1.29, 1.82) is 0 Å². The van der Waals surface area contributed by atoms with E-state index in [2.05, 4.69) is 26.3 Å². The Morgan fingerprint density at radius 2 is 2.32 bits per heavy atom. The predicted molar refractivity (Wildman–Crippen MR) is 79.4 cm³/mol. The van der Waals surface area contributed by atoms with Crippen LogP contribution >= 0.6 is 27.5 Å². The molecule has 0 unspecified atom stereocenters. The smallest absolute Gasteiger partial charge is 0.278 e. The van der Waals surface area contributed by atoms with Crippen LogP contribution in [0.25, 0.3) is 0 Å². The Morgan fingerprint density at radius 1 is 1.58 bits per heavy atom.